The fourth-order valence-electron chi connectivity index (χ4n) is 5.96. The molecule has 0 aromatic heterocycles. The molecule has 0 amide bonds. The fourth-order valence-corrected chi connectivity index (χ4v) is 5.96. The van der Waals surface area contributed by atoms with Crippen LogP contribution in [0.3, 0.4) is 0 Å². The van der Waals surface area contributed by atoms with Crippen molar-refractivity contribution in [3.63, 3.8) is 0 Å². The van der Waals surface area contributed by atoms with Gasteiger partial charge >= 0.3 is 0 Å². The van der Waals surface area contributed by atoms with Crippen LogP contribution in [0.4, 0.5) is 0 Å². The Kier molecular flexibility index (Phi) is 6.04. The van der Waals surface area contributed by atoms with Crippen molar-refractivity contribution in [3.05, 3.63) is 51.6 Å². The van der Waals surface area contributed by atoms with Crippen LogP contribution in [0.25, 0.3) is 0 Å². The average Bonchev–Trinajstić information content (AvgIpc) is 2.80. The van der Waals surface area contributed by atoms with Crippen molar-refractivity contribution in [2.24, 2.45) is 11.5 Å². The van der Waals surface area contributed by atoms with Crippen molar-refractivity contribution in [3.8, 4) is 5.75 Å². The zero-order chi connectivity index (χ0) is 25.1. The van der Waals surface area contributed by atoms with Gasteiger partial charge in [0.15, 0.2) is 17.9 Å². The third-order valence-electron chi connectivity index (χ3n) is 7.84. The Bertz CT molecular complexity index is 1170. The van der Waals surface area contributed by atoms with Gasteiger partial charge in [0.25, 0.3) is 0 Å². The highest BCUT2D eigenvalue weighted by Gasteiger charge is 2.47. The molecule has 0 spiro atoms. The van der Waals surface area contributed by atoms with E-state index in [1.165, 1.54) is 14.0 Å². The highest BCUT2D eigenvalue weighted by molar-refractivity contribution is 6.28. The molecule has 0 radical (unpaired) electrons. The Labute approximate surface area is 204 Å². The summed E-state index contributed by atoms with van der Waals surface area (Å²) >= 11 is 0. The number of Topliss-reactive ketones (excluding diaryl/α,β-unsaturated/α-hetero) is 3. The third-order valence-corrected chi connectivity index (χ3v) is 7.84. The van der Waals surface area contributed by atoms with Crippen LogP contribution in [0, 0.1) is 0 Å². The van der Waals surface area contributed by atoms with Gasteiger partial charge in [-0.15, -0.1) is 0 Å². The molecule has 1 saturated heterocycles. The second kappa shape index (κ2) is 8.78. The number of hydrogen-bond donors (Lipinski definition) is 2. The van der Waals surface area contributed by atoms with E-state index in [1.807, 2.05) is 6.92 Å². The van der Waals surface area contributed by atoms with Crippen molar-refractivity contribution in [2.45, 2.75) is 82.5 Å². The minimum atomic E-state index is -1.11. The molecule has 5 rings (SSSR count). The Balaban J connectivity index is 1.51. The number of carbonyl (C=O) groups is 3. The minimum Gasteiger partial charge on any atom is -0.496 e. The van der Waals surface area contributed by atoms with Gasteiger partial charge in [-0.2, -0.15) is 0 Å². The molecule has 3 aliphatic carbocycles. The summed E-state index contributed by atoms with van der Waals surface area (Å²) < 4.78 is 17.8. The Hall–Kier alpha value is -2.65. The van der Waals surface area contributed by atoms with E-state index in [2.05, 4.69) is 0 Å². The molecule has 186 valence electrons. The molecule has 8 nitrogen and oxygen atoms in total. The van der Waals surface area contributed by atoms with Gasteiger partial charge in [0.05, 0.1) is 30.4 Å². The molecule has 35 heavy (non-hydrogen) atoms. The molecule has 4 aliphatic rings. The summed E-state index contributed by atoms with van der Waals surface area (Å²) in [6.07, 6.45) is 1.41. The van der Waals surface area contributed by atoms with E-state index >= 15 is 0 Å². The monoisotopic (exact) mass is 480 g/mol. The predicted molar refractivity (Wildman–Crippen MR) is 128 cm³/mol. The number of rotatable bonds is 4. The van der Waals surface area contributed by atoms with Crippen molar-refractivity contribution in [1.29, 1.82) is 0 Å². The van der Waals surface area contributed by atoms with Crippen molar-refractivity contribution in [2.75, 3.05) is 7.11 Å². The maximum Gasteiger partial charge on any atom is 0.194 e. The van der Waals surface area contributed by atoms with Crippen LogP contribution < -0.4 is 16.2 Å². The number of methoxy groups -OCH3 is 1. The first-order chi connectivity index (χ1) is 16.6. The lowest BCUT2D eigenvalue weighted by atomic mass is 9.66. The Morgan fingerprint density at radius 1 is 1.14 bits per heavy atom. The largest absolute Gasteiger partial charge is 0.496 e. The number of fused-ring (bicyclic) bond motifs is 1. The summed E-state index contributed by atoms with van der Waals surface area (Å²) in [7, 11) is 1.48. The number of nitrogens with two attached hydrogens (primary N) is 2. The summed E-state index contributed by atoms with van der Waals surface area (Å²) in [5.74, 6) is -0.124. The van der Waals surface area contributed by atoms with E-state index in [4.69, 9.17) is 25.7 Å². The first-order valence-electron chi connectivity index (χ1n) is 12.2. The number of benzene rings is 1. The lowest BCUT2D eigenvalue weighted by Crippen LogP contribution is -2.54. The zero-order valence-corrected chi connectivity index (χ0v) is 20.4. The van der Waals surface area contributed by atoms with Crippen molar-refractivity contribution in [1.82, 2.24) is 0 Å². The second-order valence-electron chi connectivity index (χ2n) is 10.3. The van der Waals surface area contributed by atoms with Gasteiger partial charge in [-0.1, -0.05) is 17.7 Å². The zero-order valence-electron chi connectivity index (χ0n) is 20.4. The summed E-state index contributed by atoms with van der Waals surface area (Å²) in [4.78, 5) is 39.6. The minimum absolute atomic E-state index is 0.0408. The predicted octanol–water partition coefficient (Wildman–Crippen LogP) is 2.78. The molecule has 1 aliphatic heterocycles. The summed E-state index contributed by atoms with van der Waals surface area (Å²) in [5, 5.41) is 0. The molecule has 1 aromatic rings. The lowest BCUT2D eigenvalue weighted by molar-refractivity contribution is -0.211. The van der Waals surface area contributed by atoms with Gasteiger partial charge in [0.1, 0.15) is 11.5 Å². The van der Waals surface area contributed by atoms with Gasteiger partial charge in [-0.25, -0.2) is 0 Å². The fraction of sp³-hybridized carbons (Fsp3) is 0.519. The molecule has 0 saturated carbocycles. The van der Waals surface area contributed by atoms with E-state index in [1.54, 1.807) is 18.2 Å². The number of allylic oxidation sites excluding steroid dienone is 2. The molecule has 1 aromatic carbocycles. The highest BCUT2D eigenvalue weighted by Crippen LogP contribution is 2.47. The SMILES string of the molecule is COc1cccc2c1C(=O)C1=C(CC3=C(C1)C[C@@](N)(C(C)=O)C[C@@H]3O[C@H]1C[C@H](N)C[C@H](C)O1)C2=O. The first kappa shape index (κ1) is 24.1. The topological polar surface area (TPSA) is 131 Å². The summed E-state index contributed by atoms with van der Waals surface area (Å²) in [6, 6.07) is 5.03. The van der Waals surface area contributed by atoms with Crippen LogP contribution in [-0.2, 0) is 14.3 Å². The van der Waals surface area contributed by atoms with Crippen molar-refractivity contribution < 1.29 is 28.6 Å². The van der Waals surface area contributed by atoms with Gasteiger partial charge < -0.3 is 25.7 Å². The first-order valence-corrected chi connectivity index (χ1v) is 12.2. The van der Waals surface area contributed by atoms with E-state index < -0.39 is 17.9 Å². The van der Waals surface area contributed by atoms with Gasteiger partial charge in [-0.3, -0.25) is 14.4 Å². The number of hydrogen-bond acceptors (Lipinski definition) is 8. The van der Waals surface area contributed by atoms with Gasteiger partial charge in [-0.05, 0) is 44.7 Å². The molecule has 0 unspecified atom stereocenters. The normalized spacial score (nSPS) is 32.7. The van der Waals surface area contributed by atoms with Gasteiger partial charge in [0.2, 0.25) is 0 Å². The summed E-state index contributed by atoms with van der Waals surface area (Å²) in [6.45, 7) is 3.45. The van der Waals surface area contributed by atoms with Gasteiger partial charge in [0, 0.05) is 42.0 Å². The maximum atomic E-state index is 13.5. The van der Waals surface area contributed by atoms with Crippen LogP contribution in [0.5, 0.6) is 5.75 Å². The Morgan fingerprint density at radius 2 is 1.89 bits per heavy atom. The van der Waals surface area contributed by atoms with Crippen LogP contribution in [-0.4, -0.2) is 54.5 Å². The molecule has 1 heterocycles. The lowest BCUT2D eigenvalue weighted by Gasteiger charge is -2.44. The molecular formula is C27H32N2O6. The van der Waals surface area contributed by atoms with Crippen LogP contribution in [0.1, 0.15) is 73.1 Å². The third kappa shape index (κ3) is 4.08. The second-order valence-corrected chi connectivity index (χ2v) is 10.3. The average molecular weight is 481 g/mol. The molecule has 5 atom stereocenters. The van der Waals surface area contributed by atoms with E-state index in [9.17, 15) is 14.4 Å². The molecule has 4 N–H and O–H groups in total. The van der Waals surface area contributed by atoms with E-state index in [0.717, 1.165) is 17.6 Å². The van der Waals surface area contributed by atoms with Crippen LogP contribution >= 0.6 is 0 Å². The standard InChI is InChI=1S/C27H32N2O6/c1-13-7-16(28)9-23(34-13)35-22-12-27(29,14(2)30)11-15-8-19-20(10-18(15)22)25(31)17-5-4-6-21(33-3)24(17)26(19)32/h4-6,13,16,22-23H,7-12,28-29H2,1-3H3/t13-,16+,22-,23-,27-/m0/s1. The molecule has 1 fully saturated rings. The smallest absolute Gasteiger partial charge is 0.194 e. The maximum absolute atomic E-state index is 13.5. The number of ketones is 3. The number of carbonyl (C=O) groups excluding carboxylic acids is 3. The number of ether oxygens (including phenoxy) is 3. The Morgan fingerprint density at radius 3 is 2.57 bits per heavy atom. The van der Waals surface area contributed by atoms with E-state index in [0.29, 0.717) is 53.7 Å². The van der Waals surface area contributed by atoms with Crippen LogP contribution in [0.15, 0.2) is 40.5 Å². The molecular weight excluding hydrogens is 448 g/mol. The molecule has 8 heteroatoms. The van der Waals surface area contributed by atoms with Crippen molar-refractivity contribution >= 4 is 17.3 Å². The van der Waals surface area contributed by atoms with Crippen LogP contribution in [0.2, 0.25) is 0 Å². The van der Waals surface area contributed by atoms with E-state index in [-0.39, 0.29) is 35.9 Å². The highest BCUT2D eigenvalue weighted by atomic mass is 16.7. The quantitative estimate of drug-likeness (QED) is 0.629. The molecule has 0 bridgehead atoms. The summed E-state index contributed by atoms with van der Waals surface area (Å²) in [5.41, 5.74) is 15.1.